The Morgan fingerprint density at radius 2 is 2.00 bits per heavy atom. The molecule has 0 fully saturated rings. The number of benzene rings is 1. The van der Waals surface area contributed by atoms with Crippen LogP contribution in [0.15, 0.2) is 41.4 Å². The lowest BCUT2D eigenvalue weighted by atomic mass is 10.0. The third-order valence-electron chi connectivity index (χ3n) is 2.70. The van der Waals surface area contributed by atoms with Gasteiger partial charge in [-0.1, -0.05) is 12.1 Å². The summed E-state index contributed by atoms with van der Waals surface area (Å²) in [6.07, 6.45) is 2.31. The summed E-state index contributed by atoms with van der Waals surface area (Å²) in [5.74, 6) is 0. The van der Waals surface area contributed by atoms with Gasteiger partial charge < -0.3 is 5.32 Å². The van der Waals surface area contributed by atoms with Gasteiger partial charge in [0.25, 0.3) is 0 Å². The summed E-state index contributed by atoms with van der Waals surface area (Å²) >= 11 is 1.57. The van der Waals surface area contributed by atoms with Gasteiger partial charge in [-0.3, -0.25) is 14.5 Å². The molecule has 0 atom stereocenters. The Hall–Kier alpha value is -1.85. The highest BCUT2D eigenvalue weighted by molar-refractivity contribution is 7.97. The van der Waals surface area contributed by atoms with E-state index in [1.54, 1.807) is 18.1 Å². The first-order chi connectivity index (χ1) is 9.24. The zero-order chi connectivity index (χ0) is 13.7. The van der Waals surface area contributed by atoms with Gasteiger partial charge in [-0.2, -0.15) is 0 Å². The third-order valence-corrected chi connectivity index (χ3v) is 3.41. The molecule has 0 unspecified atom stereocenters. The van der Waals surface area contributed by atoms with E-state index in [9.17, 15) is 4.79 Å². The van der Waals surface area contributed by atoms with Gasteiger partial charge in [0.05, 0.1) is 11.9 Å². The van der Waals surface area contributed by atoms with Crippen molar-refractivity contribution in [2.24, 2.45) is 0 Å². The minimum atomic E-state index is 0.656. The van der Waals surface area contributed by atoms with Crippen LogP contribution in [0.2, 0.25) is 0 Å². The minimum Gasteiger partial charge on any atom is -0.327 e. The first-order valence-corrected chi connectivity index (χ1v) is 6.67. The molecule has 0 spiro atoms. The summed E-state index contributed by atoms with van der Waals surface area (Å²) in [7, 11) is 1.89. The number of carbonyl (C=O) groups is 1. The van der Waals surface area contributed by atoms with Gasteiger partial charge in [-0.15, -0.1) is 0 Å². The van der Waals surface area contributed by atoms with E-state index in [-0.39, 0.29) is 0 Å². The average Bonchev–Trinajstić information content (AvgIpc) is 2.43. The van der Waals surface area contributed by atoms with Gasteiger partial charge in [-0.05, 0) is 49.7 Å². The van der Waals surface area contributed by atoms with Gasteiger partial charge in [0.1, 0.15) is 0 Å². The number of carbonyl (C=O) groups excluding carboxylic acids is 1. The van der Waals surface area contributed by atoms with E-state index in [4.69, 9.17) is 0 Å². The van der Waals surface area contributed by atoms with Gasteiger partial charge in [0, 0.05) is 16.2 Å². The Balaban J connectivity index is 2.34. The first-order valence-electron chi connectivity index (χ1n) is 5.85. The quantitative estimate of drug-likeness (QED) is 0.649. The van der Waals surface area contributed by atoms with Crippen molar-refractivity contribution < 1.29 is 4.79 Å². The summed E-state index contributed by atoms with van der Waals surface area (Å²) in [4.78, 5) is 15.9. The summed E-state index contributed by atoms with van der Waals surface area (Å²) < 4.78 is 3.04. The van der Waals surface area contributed by atoms with Crippen LogP contribution in [0.4, 0.5) is 5.69 Å². The summed E-state index contributed by atoms with van der Waals surface area (Å²) in [5.41, 5.74) is 3.74. The lowest BCUT2D eigenvalue weighted by Gasteiger charge is -2.08. The zero-order valence-electron chi connectivity index (χ0n) is 10.8. The highest BCUT2D eigenvalue weighted by Gasteiger charge is 2.05. The van der Waals surface area contributed by atoms with Crippen LogP contribution >= 0.6 is 11.9 Å². The van der Waals surface area contributed by atoms with Crippen molar-refractivity contribution in [1.29, 1.82) is 0 Å². The van der Waals surface area contributed by atoms with Crippen molar-refractivity contribution >= 4 is 24.0 Å². The van der Waals surface area contributed by atoms with Crippen LogP contribution in [-0.2, 0) is 4.79 Å². The second-order valence-electron chi connectivity index (χ2n) is 3.95. The molecule has 1 amide bonds. The van der Waals surface area contributed by atoms with Crippen molar-refractivity contribution in [1.82, 2.24) is 9.71 Å². The Morgan fingerprint density at radius 3 is 2.63 bits per heavy atom. The van der Waals surface area contributed by atoms with Crippen molar-refractivity contribution in [3.8, 4) is 11.1 Å². The molecule has 0 radical (unpaired) electrons. The number of pyridine rings is 1. The number of aryl methyl sites for hydroxylation is 1. The van der Waals surface area contributed by atoms with Crippen LogP contribution in [0.1, 0.15) is 5.69 Å². The SMILES string of the molecule is CNSc1ccc(-c2cc(NC=O)cnc2C)cc1. The van der Waals surface area contributed by atoms with Crippen LogP contribution in [-0.4, -0.2) is 18.4 Å². The van der Waals surface area contributed by atoms with Crippen LogP contribution in [0.3, 0.4) is 0 Å². The molecule has 2 N–H and O–H groups in total. The van der Waals surface area contributed by atoms with Crippen molar-refractivity contribution in [2.45, 2.75) is 11.8 Å². The fourth-order valence-corrected chi connectivity index (χ4v) is 2.30. The zero-order valence-corrected chi connectivity index (χ0v) is 11.6. The van der Waals surface area contributed by atoms with Gasteiger partial charge >= 0.3 is 0 Å². The Kier molecular flexibility index (Phi) is 4.54. The summed E-state index contributed by atoms with van der Waals surface area (Å²) in [6, 6.07) is 10.1. The van der Waals surface area contributed by atoms with E-state index >= 15 is 0 Å². The number of nitrogens with zero attached hydrogens (tertiary/aromatic N) is 1. The number of amides is 1. The lowest BCUT2D eigenvalue weighted by molar-refractivity contribution is -0.105. The smallest absolute Gasteiger partial charge is 0.211 e. The maximum absolute atomic E-state index is 10.5. The standard InChI is InChI=1S/C14H15N3OS/c1-10-14(7-12(8-16-10)17-9-18)11-3-5-13(6-4-11)19-15-2/h3-9,15H,1-2H3,(H,17,18). The molecule has 1 heterocycles. The van der Waals surface area contributed by atoms with E-state index in [1.807, 2.05) is 32.2 Å². The predicted molar refractivity (Wildman–Crippen MR) is 79.0 cm³/mol. The topological polar surface area (TPSA) is 54.0 Å². The van der Waals surface area contributed by atoms with E-state index in [0.717, 1.165) is 21.7 Å². The van der Waals surface area contributed by atoms with Crippen molar-refractivity contribution in [2.75, 3.05) is 12.4 Å². The molecule has 0 aliphatic heterocycles. The molecular weight excluding hydrogens is 258 g/mol. The van der Waals surface area contributed by atoms with E-state index in [1.165, 1.54) is 0 Å². The number of anilines is 1. The molecule has 0 bridgehead atoms. The molecule has 0 aliphatic carbocycles. The number of hydrogen-bond donors (Lipinski definition) is 2. The molecule has 0 saturated heterocycles. The molecule has 0 aliphatic rings. The highest BCUT2D eigenvalue weighted by Crippen LogP contribution is 2.26. The second-order valence-corrected chi connectivity index (χ2v) is 5.03. The van der Waals surface area contributed by atoms with Crippen LogP contribution in [0, 0.1) is 6.92 Å². The largest absolute Gasteiger partial charge is 0.327 e. The maximum Gasteiger partial charge on any atom is 0.211 e. The number of hydrogen-bond acceptors (Lipinski definition) is 4. The number of rotatable bonds is 5. The van der Waals surface area contributed by atoms with E-state index in [0.29, 0.717) is 12.1 Å². The maximum atomic E-state index is 10.5. The van der Waals surface area contributed by atoms with Crippen LogP contribution < -0.4 is 10.0 Å². The Morgan fingerprint density at radius 1 is 1.26 bits per heavy atom. The number of nitrogens with one attached hydrogen (secondary N) is 2. The van der Waals surface area contributed by atoms with Gasteiger partial charge in [0.15, 0.2) is 0 Å². The summed E-state index contributed by atoms with van der Waals surface area (Å²) in [5, 5.41) is 2.62. The second kappa shape index (κ2) is 6.36. The average molecular weight is 273 g/mol. The van der Waals surface area contributed by atoms with Crippen molar-refractivity contribution in [3.63, 3.8) is 0 Å². The summed E-state index contributed by atoms with van der Waals surface area (Å²) in [6.45, 7) is 1.95. The van der Waals surface area contributed by atoms with Crippen molar-refractivity contribution in [3.05, 3.63) is 42.2 Å². The van der Waals surface area contributed by atoms with E-state index in [2.05, 4.69) is 27.2 Å². The molecule has 4 nitrogen and oxygen atoms in total. The normalized spacial score (nSPS) is 10.2. The lowest BCUT2D eigenvalue weighted by Crippen LogP contribution is -1.97. The van der Waals surface area contributed by atoms with Gasteiger partial charge in [-0.25, -0.2) is 0 Å². The Labute approximate surface area is 116 Å². The van der Waals surface area contributed by atoms with Crippen LogP contribution in [0.5, 0.6) is 0 Å². The highest BCUT2D eigenvalue weighted by atomic mass is 32.2. The molecule has 0 saturated carbocycles. The monoisotopic (exact) mass is 273 g/mol. The molecule has 1 aromatic heterocycles. The molecule has 5 heteroatoms. The van der Waals surface area contributed by atoms with E-state index < -0.39 is 0 Å². The minimum absolute atomic E-state index is 0.656. The number of aromatic nitrogens is 1. The molecular formula is C14H15N3OS. The fraction of sp³-hybridized carbons (Fsp3) is 0.143. The first kappa shape index (κ1) is 13.6. The fourth-order valence-electron chi connectivity index (χ4n) is 1.79. The van der Waals surface area contributed by atoms with Gasteiger partial charge in [0.2, 0.25) is 6.41 Å². The third kappa shape index (κ3) is 3.33. The predicted octanol–water partition coefficient (Wildman–Crippen LogP) is 2.85. The molecule has 2 aromatic rings. The molecule has 1 aromatic carbocycles. The molecule has 98 valence electrons. The van der Waals surface area contributed by atoms with Crippen LogP contribution in [0.25, 0.3) is 11.1 Å². The Bertz CT molecular complexity index is 569. The molecule has 19 heavy (non-hydrogen) atoms. The molecule has 2 rings (SSSR count).